The standard InChI is InChI=1S/C27H43F2N5O8/c1-12(2)18(24(40)41)32-25(42)33-20(26(3,4)5)23(39)34-11-13-17(27(13,6)7)19(34)22(38)31-14(10-15(28)29)21(37)30-9-8-16(35)36/h12-15,17-20H,8-11H2,1-7H3,(H,30,37)(H,31,38)(H,35,36)(H,40,41)(H2,32,33,42)/t13-,14-,17-,18-,19-,20+/m0/s1. The summed E-state index contributed by atoms with van der Waals surface area (Å²) in [5.74, 6) is -5.74. The molecule has 6 N–H and O–H groups in total. The van der Waals surface area contributed by atoms with Crippen molar-refractivity contribution in [1.29, 1.82) is 0 Å². The Bertz CT molecular complexity index is 1080. The summed E-state index contributed by atoms with van der Waals surface area (Å²) in [4.78, 5) is 76.4. The van der Waals surface area contributed by atoms with Gasteiger partial charge in [0, 0.05) is 19.5 Å². The smallest absolute Gasteiger partial charge is 0.326 e. The van der Waals surface area contributed by atoms with Crippen LogP contribution in [0.2, 0.25) is 0 Å². The number of rotatable bonds is 13. The number of aliphatic carboxylic acids is 2. The van der Waals surface area contributed by atoms with Gasteiger partial charge in [0.25, 0.3) is 0 Å². The molecule has 238 valence electrons. The van der Waals surface area contributed by atoms with E-state index in [2.05, 4.69) is 21.3 Å². The van der Waals surface area contributed by atoms with Crippen molar-refractivity contribution in [1.82, 2.24) is 26.2 Å². The van der Waals surface area contributed by atoms with Gasteiger partial charge in [0.1, 0.15) is 24.2 Å². The molecule has 0 radical (unpaired) electrons. The molecule has 0 aromatic carbocycles. The molecule has 1 heterocycles. The summed E-state index contributed by atoms with van der Waals surface area (Å²) in [7, 11) is 0. The Kier molecular flexibility index (Phi) is 10.9. The van der Waals surface area contributed by atoms with E-state index in [4.69, 9.17) is 5.11 Å². The molecule has 0 aromatic rings. The third kappa shape index (κ3) is 8.28. The molecule has 0 aromatic heterocycles. The topological polar surface area (TPSA) is 194 Å². The van der Waals surface area contributed by atoms with E-state index in [-0.39, 0.29) is 30.3 Å². The first-order valence-electron chi connectivity index (χ1n) is 13.9. The van der Waals surface area contributed by atoms with Crippen LogP contribution in [0.1, 0.15) is 61.3 Å². The molecule has 15 heteroatoms. The molecule has 5 amide bonds. The summed E-state index contributed by atoms with van der Waals surface area (Å²) >= 11 is 0. The molecule has 42 heavy (non-hydrogen) atoms. The maximum Gasteiger partial charge on any atom is 0.326 e. The van der Waals surface area contributed by atoms with Crippen LogP contribution in [0, 0.1) is 28.6 Å². The second-order valence-corrected chi connectivity index (χ2v) is 13.0. The van der Waals surface area contributed by atoms with E-state index < -0.39 is 90.5 Å². The molecule has 2 rings (SSSR count). The Hall–Kier alpha value is -3.52. The van der Waals surface area contributed by atoms with Crippen LogP contribution in [0.15, 0.2) is 0 Å². The van der Waals surface area contributed by atoms with Crippen molar-refractivity contribution in [3.05, 3.63) is 0 Å². The second-order valence-electron chi connectivity index (χ2n) is 13.0. The molecule has 2 aliphatic rings. The number of alkyl halides is 2. The second kappa shape index (κ2) is 13.2. The highest BCUT2D eigenvalue weighted by Crippen LogP contribution is 2.65. The number of carbonyl (C=O) groups excluding carboxylic acids is 4. The lowest BCUT2D eigenvalue weighted by Crippen LogP contribution is -2.62. The molecular formula is C27H43F2N5O8. The van der Waals surface area contributed by atoms with Gasteiger partial charge in [-0.25, -0.2) is 18.4 Å². The first-order chi connectivity index (χ1) is 19.2. The predicted molar refractivity (Wildman–Crippen MR) is 145 cm³/mol. The van der Waals surface area contributed by atoms with Crippen LogP contribution < -0.4 is 21.3 Å². The molecule has 1 saturated heterocycles. The zero-order valence-electron chi connectivity index (χ0n) is 25.0. The Labute approximate surface area is 243 Å². The number of nitrogens with one attached hydrogen (secondary N) is 4. The molecule has 6 atom stereocenters. The number of carboxylic acid groups (broad SMARTS) is 2. The average molecular weight is 604 g/mol. The van der Waals surface area contributed by atoms with Gasteiger partial charge >= 0.3 is 18.0 Å². The molecule has 13 nitrogen and oxygen atoms in total. The molecule has 1 aliphatic carbocycles. The summed E-state index contributed by atoms with van der Waals surface area (Å²) in [6, 6.07) is -6.08. The average Bonchev–Trinajstić information content (AvgIpc) is 3.16. The summed E-state index contributed by atoms with van der Waals surface area (Å²) < 4.78 is 26.6. The van der Waals surface area contributed by atoms with E-state index in [9.17, 15) is 42.7 Å². The molecule has 1 saturated carbocycles. The first-order valence-corrected chi connectivity index (χ1v) is 13.9. The van der Waals surface area contributed by atoms with Crippen molar-refractivity contribution in [3.63, 3.8) is 0 Å². The molecule has 0 unspecified atom stereocenters. The van der Waals surface area contributed by atoms with Crippen molar-refractivity contribution < 1.29 is 47.8 Å². The lowest BCUT2D eigenvalue weighted by molar-refractivity contribution is -0.144. The van der Waals surface area contributed by atoms with E-state index >= 15 is 0 Å². The van der Waals surface area contributed by atoms with E-state index in [0.717, 1.165) is 0 Å². The highest BCUT2D eigenvalue weighted by Gasteiger charge is 2.70. The number of nitrogens with zero attached hydrogens (tertiary/aromatic N) is 1. The summed E-state index contributed by atoms with van der Waals surface area (Å²) in [6.45, 7) is 11.9. The van der Waals surface area contributed by atoms with Crippen LogP contribution in [-0.2, 0) is 24.0 Å². The van der Waals surface area contributed by atoms with Crippen LogP contribution in [0.3, 0.4) is 0 Å². The molecule has 1 aliphatic heterocycles. The van der Waals surface area contributed by atoms with Crippen molar-refractivity contribution in [2.24, 2.45) is 28.6 Å². The number of piperidine rings is 1. The minimum absolute atomic E-state index is 0.0954. The number of urea groups is 1. The van der Waals surface area contributed by atoms with Crippen LogP contribution in [0.4, 0.5) is 13.6 Å². The lowest BCUT2D eigenvalue weighted by atomic mass is 9.85. The van der Waals surface area contributed by atoms with Gasteiger partial charge in [0.15, 0.2) is 0 Å². The quantitative estimate of drug-likeness (QED) is 0.180. The Morgan fingerprint density at radius 1 is 1.00 bits per heavy atom. The van der Waals surface area contributed by atoms with Gasteiger partial charge in [-0.05, 0) is 28.6 Å². The van der Waals surface area contributed by atoms with Crippen molar-refractivity contribution >= 4 is 35.7 Å². The maximum absolute atomic E-state index is 13.9. The van der Waals surface area contributed by atoms with E-state index in [1.165, 1.54) is 4.90 Å². The van der Waals surface area contributed by atoms with Crippen molar-refractivity contribution in [3.8, 4) is 0 Å². The number of fused-ring (bicyclic) bond motifs is 1. The molecule has 0 bridgehead atoms. The zero-order valence-corrected chi connectivity index (χ0v) is 25.0. The number of hydrogen-bond donors (Lipinski definition) is 6. The maximum atomic E-state index is 13.9. The summed E-state index contributed by atoms with van der Waals surface area (Å²) in [5, 5.41) is 27.7. The van der Waals surface area contributed by atoms with Crippen LogP contribution in [-0.4, -0.2) is 94.5 Å². The number of hydrogen-bond acceptors (Lipinski definition) is 6. The van der Waals surface area contributed by atoms with Gasteiger partial charge in [-0.1, -0.05) is 48.5 Å². The molecular weight excluding hydrogens is 560 g/mol. The SMILES string of the molecule is CC(C)[C@H](NC(=O)N[C@H](C(=O)N1C[C@H]2[C@@H]([C@H]1C(=O)N[C@@H](CC(F)F)C(=O)NCCC(=O)O)C2(C)C)C(C)(C)C)C(=O)O. The predicted octanol–water partition coefficient (Wildman–Crippen LogP) is 1.02. The van der Waals surface area contributed by atoms with Crippen molar-refractivity contribution in [2.75, 3.05) is 13.1 Å². The van der Waals surface area contributed by atoms with E-state index in [1.807, 2.05) is 13.8 Å². The third-order valence-corrected chi connectivity index (χ3v) is 8.05. The van der Waals surface area contributed by atoms with Crippen molar-refractivity contribution in [2.45, 2.75) is 91.9 Å². The fraction of sp³-hybridized carbons (Fsp3) is 0.778. The normalized spacial score (nSPS) is 22.9. The fourth-order valence-electron chi connectivity index (χ4n) is 5.54. The van der Waals surface area contributed by atoms with E-state index in [0.29, 0.717) is 0 Å². The van der Waals surface area contributed by atoms with Crippen LogP contribution in [0.25, 0.3) is 0 Å². The first kappa shape index (κ1) is 34.7. The third-order valence-electron chi connectivity index (χ3n) is 8.05. The van der Waals surface area contributed by atoms with Gasteiger partial charge in [0.05, 0.1) is 6.42 Å². The number of halogens is 2. The highest BCUT2D eigenvalue weighted by atomic mass is 19.3. The number of carbonyl (C=O) groups is 6. The van der Waals surface area contributed by atoms with E-state index in [1.54, 1.807) is 34.6 Å². The van der Waals surface area contributed by atoms with Gasteiger partial charge in [0.2, 0.25) is 24.1 Å². The van der Waals surface area contributed by atoms with Crippen LogP contribution in [0.5, 0.6) is 0 Å². The number of amides is 5. The Morgan fingerprint density at radius 2 is 1.60 bits per heavy atom. The van der Waals surface area contributed by atoms with Gasteiger partial charge in [-0.15, -0.1) is 0 Å². The summed E-state index contributed by atoms with van der Waals surface area (Å²) in [6.07, 6.45) is -4.42. The zero-order chi connectivity index (χ0) is 32.3. The highest BCUT2D eigenvalue weighted by molar-refractivity contribution is 5.96. The van der Waals surface area contributed by atoms with Gasteiger partial charge in [-0.2, -0.15) is 0 Å². The fourth-order valence-corrected chi connectivity index (χ4v) is 5.54. The molecule has 2 fully saturated rings. The molecule has 0 spiro atoms. The Morgan fingerprint density at radius 3 is 2.07 bits per heavy atom. The summed E-state index contributed by atoms with van der Waals surface area (Å²) in [5.41, 5.74) is -1.23. The largest absolute Gasteiger partial charge is 0.481 e. The van der Waals surface area contributed by atoms with Gasteiger partial charge < -0.3 is 36.4 Å². The lowest BCUT2D eigenvalue weighted by Gasteiger charge is -2.38. The Balaban J connectivity index is 2.29. The minimum atomic E-state index is -2.96. The minimum Gasteiger partial charge on any atom is -0.481 e. The van der Waals surface area contributed by atoms with Gasteiger partial charge in [-0.3, -0.25) is 19.2 Å². The monoisotopic (exact) mass is 603 g/mol. The number of likely N-dealkylation sites (tertiary alicyclic amines) is 1. The van der Waals surface area contributed by atoms with Crippen LogP contribution >= 0.6 is 0 Å². The number of carboxylic acids is 2.